The van der Waals surface area contributed by atoms with Crippen LogP contribution in [-0.4, -0.2) is 50.8 Å². The number of carbonyl (C=O) groups excluding carboxylic acids is 1. The number of piperidine rings is 1. The quantitative estimate of drug-likeness (QED) is 0.630. The van der Waals surface area contributed by atoms with Crippen molar-refractivity contribution in [3.8, 4) is 0 Å². The van der Waals surface area contributed by atoms with Crippen molar-refractivity contribution in [1.82, 2.24) is 15.1 Å². The smallest absolute Gasteiger partial charge is 0.407 e. The zero-order valence-corrected chi connectivity index (χ0v) is 17.3. The number of halogens is 2. The standard InChI is InChI=1S/C17H19Cl2N5O3S/c1-2-10-8-9(6-7-24(10)17(26)27)20-15-22-23-16(28-15)21-14(25)13-11(18)4-3-5-12(13)19/h3-5,9-10H,2,6-8H2,1H3,(H,20,22)(H,26,27)(H,21,23,25). The van der Waals surface area contributed by atoms with Gasteiger partial charge in [-0.1, -0.05) is 47.5 Å². The summed E-state index contributed by atoms with van der Waals surface area (Å²) in [5.74, 6) is -0.459. The molecule has 28 heavy (non-hydrogen) atoms. The third-order valence-corrected chi connectivity index (χ3v) is 6.00. The summed E-state index contributed by atoms with van der Waals surface area (Å²) in [5.41, 5.74) is 0.183. The Balaban J connectivity index is 1.62. The average molecular weight is 444 g/mol. The molecule has 0 saturated carbocycles. The zero-order chi connectivity index (χ0) is 20.3. The topological polar surface area (TPSA) is 107 Å². The highest BCUT2D eigenvalue weighted by Gasteiger charge is 2.30. The number of nitrogens with zero attached hydrogens (tertiary/aromatic N) is 3. The molecule has 2 unspecified atom stereocenters. The minimum Gasteiger partial charge on any atom is -0.465 e. The summed E-state index contributed by atoms with van der Waals surface area (Å²) in [7, 11) is 0. The van der Waals surface area contributed by atoms with Gasteiger partial charge in [0.2, 0.25) is 10.3 Å². The minimum atomic E-state index is -0.885. The number of hydrogen-bond donors (Lipinski definition) is 3. The molecular formula is C17H19Cl2N5O3S. The first kappa shape index (κ1) is 20.6. The molecule has 1 aliphatic rings. The van der Waals surface area contributed by atoms with Gasteiger partial charge in [0, 0.05) is 18.6 Å². The van der Waals surface area contributed by atoms with Crippen LogP contribution in [0.3, 0.4) is 0 Å². The zero-order valence-electron chi connectivity index (χ0n) is 15.0. The molecule has 0 bridgehead atoms. The molecule has 2 atom stereocenters. The Morgan fingerprint density at radius 1 is 1.29 bits per heavy atom. The molecule has 150 valence electrons. The molecule has 0 radical (unpaired) electrons. The van der Waals surface area contributed by atoms with Gasteiger partial charge in [-0.25, -0.2) is 4.79 Å². The first-order valence-corrected chi connectivity index (χ1v) is 10.3. The van der Waals surface area contributed by atoms with E-state index in [1.54, 1.807) is 18.2 Å². The molecule has 11 heteroatoms. The molecule has 2 heterocycles. The van der Waals surface area contributed by atoms with Gasteiger partial charge in [-0.2, -0.15) is 0 Å². The summed E-state index contributed by atoms with van der Waals surface area (Å²) in [6.45, 7) is 2.44. The number of likely N-dealkylation sites (tertiary alicyclic amines) is 1. The van der Waals surface area contributed by atoms with Crippen molar-refractivity contribution >= 4 is 56.8 Å². The molecule has 3 rings (SSSR count). The summed E-state index contributed by atoms with van der Waals surface area (Å²) in [6, 6.07) is 4.90. The highest BCUT2D eigenvalue weighted by atomic mass is 35.5. The van der Waals surface area contributed by atoms with E-state index in [1.807, 2.05) is 6.92 Å². The Bertz CT molecular complexity index is 858. The van der Waals surface area contributed by atoms with Crippen LogP contribution in [0.4, 0.5) is 15.1 Å². The molecule has 0 spiro atoms. The fourth-order valence-corrected chi connectivity index (χ4v) is 4.49. The Morgan fingerprint density at radius 3 is 2.61 bits per heavy atom. The van der Waals surface area contributed by atoms with Gasteiger partial charge < -0.3 is 15.3 Å². The average Bonchev–Trinajstić information content (AvgIpc) is 3.07. The van der Waals surface area contributed by atoms with Gasteiger partial charge >= 0.3 is 6.09 Å². The Labute approximate surface area is 175 Å². The number of amides is 2. The van der Waals surface area contributed by atoms with Crippen molar-refractivity contribution in [1.29, 1.82) is 0 Å². The van der Waals surface area contributed by atoms with Crippen molar-refractivity contribution in [2.24, 2.45) is 0 Å². The van der Waals surface area contributed by atoms with Crippen LogP contribution < -0.4 is 10.6 Å². The lowest BCUT2D eigenvalue weighted by Crippen LogP contribution is -2.48. The third kappa shape index (κ3) is 4.65. The van der Waals surface area contributed by atoms with E-state index in [4.69, 9.17) is 23.2 Å². The van der Waals surface area contributed by atoms with Gasteiger partial charge in [0.1, 0.15) is 0 Å². The summed E-state index contributed by atoms with van der Waals surface area (Å²) in [5, 5.41) is 24.6. The van der Waals surface area contributed by atoms with Gasteiger partial charge in [-0.15, -0.1) is 10.2 Å². The van der Waals surface area contributed by atoms with Crippen molar-refractivity contribution < 1.29 is 14.7 Å². The molecule has 1 aliphatic heterocycles. The highest BCUT2D eigenvalue weighted by Crippen LogP contribution is 2.28. The van der Waals surface area contributed by atoms with Crippen LogP contribution in [0.15, 0.2) is 18.2 Å². The van der Waals surface area contributed by atoms with Crippen molar-refractivity contribution in [3.63, 3.8) is 0 Å². The summed E-state index contributed by atoms with van der Waals surface area (Å²) < 4.78 is 0. The Kier molecular flexibility index (Phi) is 6.58. The molecule has 1 aromatic carbocycles. The van der Waals surface area contributed by atoms with Gasteiger partial charge in [0.25, 0.3) is 5.91 Å². The second-order valence-corrected chi connectivity index (χ2v) is 8.16. The molecule has 3 N–H and O–H groups in total. The summed E-state index contributed by atoms with van der Waals surface area (Å²) in [6.07, 6.45) is 1.24. The summed E-state index contributed by atoms with van der Waals surface area (Å²) >= 11 is 13.3. The molecule has 1 saturated heterocycles. The number of carbonyl (C=O) groups is 2. The number of hydrogen-bond acceptors (Lipinski definition) is 6. The normalized spacial score (nSPS) is 19.3. The van der Waals surface area contributed by atoms with Crippen molar-refractivity contribution in [2.45, 2.75) is 38.3 Å². The lowest BCUT2D eigenvalue weighted by atomic mass is 9.96. The van der Waals surface area contributed by atoms with E-state index in [1.165, 1.54) is 16.2 Å². The molecule has 1 aromatic heterocycles. The van der Waals surface area contributed by atoms with Crippen LogP contribution in [0.5, 0.6) is 0 Å². The van der Waals surface area contributed by atoms with Crippen molar-refractivity contribution in [2.75, 3.05) is 17.2 Å². The number of rotatable bonds is 5. The van der Waals surface area contributed by atoms with E-state index in [2.05, 4.69) is 20.8 Å². The van der Waals surface area contributed by atoms with Crippen LogP contribution in [0.25, 0.3) is 0 Å². The van der Waals surface area contributed by atoms with E-state index in [0.717, 1.165) is 6.42 Å². The number of anilines is 2. The largest absolute Gasteiger partial charge is 0.465 e. The second-order valence-electron chi connectivity index (χ2n) is 6.37. The first-order chi connectivity index (χ1) is 13.4. The van der Waals surface area contributed by atoms with Crippen LogP contribution in [0.1, 0.15) is 36.5 Å². The van der Waals surface area contributed by atoms with E-state index < -0.39 is 12.0 Å². The van der Waals surface area contributed by atoms with Crippen LogP contribution in [0, 0.1) is 0 Å². The fraction of sp³-hybridized carbons (Fsp3) is 0.412. The van der Waals surface area contributed by atoms with Gasteiger partial charge in [0.15, 0.2) is 0 Å². The lowest BCUT2D eigenvalue weighted by Gasteiger charge is -2.37. The van der Waals surface area contributed by atoms with E-state index >= 15 is 0 Å². The van der Waals surface area contributed by atoms with Gasteiger partial charge in [-0.3, -0.25) is 10.1 Å². The maximum atomic E-state index is 12.4. The molecule has 0 aliphatic carbocycles. The predicted octanol–water partition coefficient (Wildman–Crippen LogP) is 4.43. The van der Waals surface area contributed by atoms with Crippen LogP contribution in [0.2, 0.25) is 10.0 Å². The minimum absolute atomic E-state index is 0.0294. The molecular weight excluding hydrogens is 425 g/mol. The molecule has 1 fully saturated rings. The monoisotopic (exact) mass is 443 g/mol. The second kappa shape index (κ2) is 8.93. The Hall–Kier alpha value is -2.10. The van der Waals surface area contributed by atoms with E-state index in [9.17, 15) is 14.7 Å². The summed E-state index contributed by atoms with van der Waals surface area (Å²) in [4.78, 5) is 25.2. The van der Waals surface area contributed by atoms with Crippen molar-refractivity contribution in [3.05, 3.63) is 33.8 Å². The fourth-order valence-electron chi connectivity index (χ4n) is 3.20. The predicted molar refractivity (Wildman–Crippen MR) is 110 cm³/mol. The van der Waals surface area contributed by atoms with E-state index in [0.29, 0.717) is 29.6 Å². The molecule has 8 nitrogen and oxygen atoms in total. The molecule has 2 amide bonds. The lowest BCUT2D eigenvalue weighted by molar-refractivity contribution is 0.101. The first-order valence-electron chi connectivity index (χ1n) is 8.74. The number of nitrogens with one attached hydrogen (secondary N) is 2. The number of aromatic nitrogens is 2. The van der Waals surface area contributed by atoms with Crippen LogP contribution in [-0.2, 0) is 0 Å². The number of carboxylic acid groups (broad SMARTS) is 1. The third-order valence-electron chi connectivity index (χ3n) is 4.60. The number of benzene rings is 1. The highest BCUT2D eigenvalue weighted by molar-refractivity contribution is 7.19. The van der Waals surface area contributed by atoms with Gasteiger partial charge in [-0.05, 0) is 31.4 Å². The maximum absolute atomic E-state index is 12.4. The molecule has 2 aromatic rings. The van der Waals surface area contributed by atoms with Gasteiger partial charge in [0.05, 0.1) is 15.6 Å². The van der Waals surface area contributed by atoms with E-state index in [-0.39, 0.29) is 27.7 Å². The van der Waals surface area contributed by atoms with Crippen LogP contribution >= 0.6 is 34.5 Å². The maximum Gasteiger partial charge on any atom is 0.407 e. The SMILES string of the molecule is CCC1CC(Nc2nnc(NC(=O)c3c(Cl)cccc3Cl)s2)CCN1C(=O)O. The Morgan fingerprint density at radius 2 is 1.96 bits per heavy atom.